The highest BCUT2D eigenvalue weighted by Crippen LogP contribution is 2.18. The first-order valence-corrected chi connectivity index (χ1v) is 6.32. The molecular formula is C15H14FN3. The Morgan fingerprint density at radius 3 is 2.84 bits per heavy atom. The highest BCUT2D eigenvalue weighted by molar-refractivity contribution is 5.75. The zero-order chi connectivity index (χ0) is 13.2. The number of aryl methyl sites for hydroxylation is 1. The molecule has 3 aromatic rings. The molecule has 0 saturated carbocycles. The lowest BCUT2D eigenvalue weighted by atomic mass is 10.2. The van der Waals surface area contributed by atoms with Gasteiger partial charge in [-0.15, -0.1) is 0 Å². The number of hydrogen-bond donors (Lipinski definition) is 0. The van der Waals surface area contributed by atoms with Crippen LogP contribution in [0.15, 0.2) is 42.6 Å². The van der Waals surface area contributed by atoms with Gasteiger partial charge in [0.25, 0.3) is 0 Å². The number of hydrogen-bond acceptors (Lipinski definition) is 2. The number of halogens is 1. The van der Waals surface area contributed by atoms with Crippen LogP contribution in [0.3, 0.4) is 0 Å². The van der Waals surface area contributed by atoms with Crippen LogP contribution >= 0.6 is 0 Å². The van der Waals surface area contributed by atoms with Crippen molar-refractivity contribution in [1.29, 1.82) is 0 Å². The largest absolute Gasteiger partial charge is 0.328 e. The van der Waals surface area contributed by atoms with E-state index in [9.17, 15) is 4.39 Å². The fourth-order valence-electron chi connectivity index (χ4n) is 2.32. The van der Waals surface area contributed by atoms with Crippen molar-refractivity contribution in [2.45, 2.75) is 19.9 Å². The van der Waals surface area contributed by atoms with Crippen molar-refractivity contribution < 1.29 is 4.39 Å². The molecule has 0 fully saturated rings. The van der Waals surface area contributed by atoms with Crippen molar-refractivity contribution in [2.75, 3.05) is 0 Å². The van der Waals surface area contributed by atoms with Gasteiger partial charge in [0.05, 0.1) is 16.7 Å². The predicted molar refractivity (Wildman–Crippen MR) is 72.4 cm³/mol. The Kier molecular flexibility index (Phi) is 2.99. The average molecular weight is 255 g/mol. The molecule has 3 rings (SSSR count). The van der Waals surface area contributed by atoms with E-state index in [1.807, 2.05) is 24.3 Å². The van der Waals surface area contributed by atoms with E-state index in [-0.39, 0.29) is 5.82 Å². The molecule has 0 amide bonds. The number of fused-ring (bicyclic) bond motifs is 1. The highest BCUT2D eigenvalue weighted by atomic mass is 19.1. The minimum absolute atomic E-state index is 0.260. The molecule has 1 aromatic carbocycles. The van der Waals surface area contributed by atoms with E-state index in [1.54, 1.807) is 0 Å². The molecular weight excluding hydrogens is 241 g/mol. The molecule has 0 atom stereocenters. The summed E-state index contributed by atoms with van der Waals surface area (Å²) < 4.78 is 15.3. The van der Waals surface area contributed by atoms with Crippen LogP contribution in [-0.4, -0.2) is 14.5 Å². The number of benzene rings is 1. The fourth-order valence-corrected chi connectivity index (χ4v) is 2.32. The van der Waals surface area contributed by atoms with Crippen LogP contribution in [0.25, 0.3) is 11.0 Å². The second-order valence-electron chi connectivity index (χ2n) is 4.40. The molecule has 0 radical (unpaired) electrons. The number of para-hydroxylation sites is 2. The number of pyridine rings is 1. The third-order valence-electron chi connectivity index (χ3n) is 3.17. The summed E-state index contributed by atoms with van der Waals surface area (Å²) in [5.74, 6) is 0.658. The molecule has 2 heterocycles. The number of rotatable bonds is 3. The molecule has 0 bridgehead atoms. The minimum Gasteiger partial charge on any atom is -0.328 e. The molecule has 0 aliphatic heterocycles. The SMILES string of the molecule is CCn1c(Cc2cc(F)ccn2)nc2ccccc21. The molecule has 96 valence electrons. The monoisotopic (exact) mass is 255 g/mol. The summed E-state index contributed by atoms with van der Waals surface area (Å²) >= 11 is 0. The lowest BCUT2D eigenvalue weighted by molar-refractivity contribution is 0.621. The van der Waals surface area contributed by atoms with E-state index in [1.165, 1.54) is 18.3 Å². The van der Waals surface area contributed by atoms with Crippen LogP contribution in [0.1, 0.15) is 18.4 Å². The minimum atomic E-state index is -0.260. The van der Waals surface area contributed by atoms with Crippen LogP contribution in [0.2, 0.25) is 0 Å². The van der Waals surface area contributed by atoms with E-state index >= 15 is 0 Å². The van der Waals surface area contributed by atoms with Gasteiger partial charge in [-0.3, -0.25) is 4.98 Å². The van der Waals surface area contributed by atoms with Crippen LogP contribution < -0.4 is 0 Å². The molecule has 0 N–H and O–H groups in total. The van der Waals surface area contributed by atoms with Crippen LogP contribution in [0.4, 0.5) is 4.39 Å². The van der Waals surface area contributed by atoms with Gasteiger partial charge in [-0.25, -0.2) is 9.37 Å². The maximum Gasteiger partial charge on any atom is 0.126 e. The molecule has 2 aromatic heterocycles. The molecule has 3 nitrogen and oxygen atoms in total. The topological polar surface area (TPSA) is 30.7 Å². The number of imidazole rings is 1. The van der Waals surface area contributed by atoms with Gasteiger partial charge in [-0.2, -0.15) is 0 Å². The van der Waals surface area contributed by atoms with E-state index in [0.29, 0.717) is 12.1 Å². The predicted octanol–water partition coefficient (Wildman–Crippen LogP) is 3.18. The Morgan fingerprint density at radius 1 is 1.21 bits per heavy atom. The van der Waals surface area contributed by atoms with Crippen molar-refractivity contribution in [1.82, 2.24) is 14.5 Å². The highest BCUT2D eigenvalue weighted by Gasteiger charge is 2.10. The Balaban J connectivity index is 2.05. The van der Waals surface area contributed by atoms with Gasteiger partial charge in [0.15, 0.2) is 0 Å². The van der Waals surface area contributed by atoms with Crippen LogP contribution in [-0.2, 0) is 13.0 Å². The lowest BCUT2D eigenvalue weighted by Crippen LogP contribution is -2.04. The summed E-state index contributed by atoms with van der Waals surface area (Å²) in [6.07, 6.45) is 2.03. The van der Waals surface area contributed by atoms with E-state index in [0.717, 1.165) is 23.4 Å². The van der Waals surface area contributed by atoms with Crippen molar-refractivity contribution in [3.8, 4) is 0 Å². The van der Waals surface area contributed by atoms with Crippen molar-refractivity contribution in [3.05, 3.63) is 59.9 Å². The molecule has 0 unspecified atom stereocenters. The second kappa shape index (κ2) is 4.80. The van der Waals surface area contributed by atoms with E-state index < -0.39 is 0 Å². The van der Waals surface area contributed by atoms with Crippen LogP contribution in [0.5, 0.6) is 0 Å². The normalized spacial score (nSPS) is 11.1. The number of aromatic nitrogens is 3. The van der Waals surface area contributed by atoms with Gasteiger partial charge < -0.3 is 4.57 Å². The Labute approximate surface area is 110 Å². The molecule has 0 aliphatic carbocycles. The zero-order valence-corrected chi connectivity index (χ0v) is 10.7. The van der Waals surface area contributed by atoms with Gasteiger partial charge >= 0.3 is 0 Å². The molecule has 0 saturated heterocycles. The maximum atomic E-state index is 13.2. The first kappa shape index (κ1) is 11.8. The van der Waals surface area contributed by atoms with E-state index in [4.69, 9.17) is 0 Å². The summed E-state index contributed by atoms with van der Waals surface area (Å²) in [5, 5.41) is 0. The molecule has 0 aliphatic rings. The lowest BCUT2D eigenvalue weighted by Gasteiger charge is -2.05. The summed E-state index contributed by atoms with van der Waals surface area (Å²) in [5.41, 5.74) is 2.78. The standard InChI is InChI=1S/C15H14FN3/c1-2-19-14-6-4-3-5-13(14)18-15(19)10-12-9-11(16)7-8-17-12/h3-9H,2,10H2,1H3. The quantitative estimate of drug-likeness (QED) is 0.719. The fraction of sp³-hybridized carbons (Fsp3) is 0.200. The van der Waals surface area contributed by atoms with Gasteiger partial charge in [0.1, 0.15) is 11.6 Å². The summed E-state index contributed by atoms with van der Waals surface area (Å²) in [7, 11) is 0. The van der Waals surface area contributed by atoms with E-state index in [2.05, 4.69) is 21.5 Å². The summed E-state index contributed by atoms with van der Waals surface area (Å²) in [6, 6.07) is 10.8. The van der Waals surface area contributed by atoms with Crippen molar-refractivity contribution in [3.63, 3.8) is 0 Å². The second-order valence-corrected chi connectivity index (χ2v) is 4.40. The zero-order valence-electron chi connectivity index (χ0n) is 10.7. The van der Waals surface area contributed by atoms with Gasteiger partial charge in [-0.05, 0) is 31.2 Å². The Morgan fingerprint density at radius 2 is 2.05 bits per heavy atom. The van der Waals surface area contributed by atoms with Gasteiger partial charge in [-0.1, -0.05) is 12.1 Å². The van der Waals surface area contributed by atoms with Crippen molar-refractivity contribution >= 4 is 11.0 Å². The third-order valence-corrected chi connectivity index (χ3v) is 3.17. The number of nitrogens with zero attached hydrogens (tertiary/aromatic N) is 3. The third kappa shape index (κ3) is 2.21. The maximum absolute atomic E-state index is 13.2. The van der Waals surface area contributed by atoms with Gasteiger partial charge in [0, 0.05) is 19.2 Å². The first-order valence-electron chi connectivity index (χ1n) is 6.32. The molecule has 19 heavy (non-hydrogen) atoms. The van der Waals surface area contributed by atoms with Crippen LogP contribution in [0, 0.1) is 5.82 Å². The Hall–Kier alpha value is -2.23. The Bertz CT molecular complexity index is 718. The smallest absolute Gasteiger partial charge is 0.126 e. The first-order chi connectivity index (χ1) is 9.28. The molecule has 4 heteroatoms. The summed E-state index contributed by atoms with van der Waals surface area (Å²) in [4.78, 5) is 8.80. The van der Waals surface area contributed by atoms with Gasteiger partial charge in [0.2, 0.25) is 0 Å². The average Bonchev–Trinajstić information content (AvgIpc) is 2.75. The summed E-state index contributed by atoms with van der Waals surface area (Å²) in [6.45, 7) is 2.92. The van der Waals surface area contributed by atoms with Crippen molar-refractivity contribution in [2.24, 2.45) is 0 Å². The molecule has 0 spiro atoms.